The van der Waals surface area contributed by atoms with Crippen molar-refractivity contribution < 1.29 is 19.0 Å². The van der Waals surface area contributed by atoms with Crippen LogP contribution in [0.2, 0.25) is 0 Å². The molecule has 2 rings (SSSR count). The van der Waals surface area contributed by atoms with Crippen LogP contribution in [0.1, 0.15) is 5.56 Å². The molecule has 1 aromatic carbocycles. The molecule has 2 atom stereocenters. The van der Waals surface area contributed by atoms with Gasteiger partial charge < -0.3 is 14.6 Å². The van der Waals surface area contributed by atoms with Crippen LogP contribution in [-0.2, 0) is 16.0 Å². The summed E-state index contributed by atoms with van der Waals surface area (Å²) in [5.74, 6) is -0.856. The quantitative estimate of drug-likeness (QED) is 0.882. The minimum absolute atomic E-state index is 0.0192. The largest absolute Gasteiger partial charge is 0.505 e. The average Bonchev–Trinajstić information content (AvgIpc) is 2.77. The third kappa shape index (κ3) is 2.63. The van der Waals surface area contributed by atoms with Crippen LogP contribution in [-0.4, -0.2) is 49.5 Å². The van der Waals surface area contributed by atoms with Crippen molar-refractivity contribution in [3.63, 3.8) is 0 Å². The van der Waals surface area contributed by atoms with Crippen molar-refractivity contribution in [2.24, 2.45) is 0 Å². The van der Waals surface area contributed by atoms with Gasteiger partial charge >= 0.3 is 0 Å². The van der Waals surface area contributed by atoms with E-state index < -0.39 is 5.82 Å². The minimum atomic E-state index is -0.585. The third-order valence-corrected chi connectivity index (χ3v) is 3.36. The summed E-state index contributed by atoms with van der Waals surface area (Å²) < 4.78 is 23.9. The van der Waals surface area contributed by atoms with Gasteiger partial charge in [-0.2, -0.15) is 0 Å². The maximum Gasteiger partial charge on any atom is 0.165 e. The summed E-state index contributed by atoms with van der Waals surface area (Å²) in [6, 6.07) is 4.57. The number of aromatic hydroxyl groups is 1. The molecule has 0 aromatic heterocycles. The highest BCUT2D eigenvalue weighted by Crippen LogP contribution is 2.25. The van der Waals surface area contributed by atoms with E-state index in [4.69, 9.17) is 9.47 Å². The predicted molar refractivity (Wildman–Crippen MR) is 64.9 cm³/mol. The Bertz CT molecular complexity index is 401. The number of nitrogens with zero attached hydrogens (tertiary/aromatic N) is 1. The van der Waals surface area contributed by atoms with Crippen LogP contribution in [0, 0.1) is 5.82 Å². The highest BCUT2D eigenvalue weighted by Gasteiger charge is 2.33. The Morgan fingerprint density at radius 1 is 1.28 bits per heavy atom. The van der Waals surface area contributed by atoms with E-state index in [1.54, 1.807) is 26.4 Å². The summed E-state index contributed by atoms with van der Waals surface area (Å²) in [4.78, 5) is 2.08. The lowest BCUT2D eigenvalue weighted by Gasteiger charge is -2.16. The Kier molecular flexibility index (Phi) is 4.16. The van der Waals surface area contributed by atoms with Gasteiger partial charge in [-0.1, -0.05) is 12.1 Å². The predicted octanol–water partition coefficient (Wildman–Crippen LogP) is 1.38. The molecule has 100 valence electrons. The second-order valence-electron chi connectivity index (χ2n) is 4.49. The number of methoxy groups -OCH3 is 2. The molecule has 2 unspecified atom stereocenters. The number of halogens is 1. The molecule has 1 heterocycles. The van der Waals surface area contributed by atoms with Crippen molar-refractivity contribution >= 4 is 0 Å². The smallest absolute Gasteiger partial charge is 0.165 e. The molecule has 1 aromatic rings. The number of benzene rings is 1. The molecule has 1 saturated heterocycles. The molecular weight excluding hydrogens is 237 g/mol. The minimum Gasteiger partial charge on any atom is -0.505 e. The van der Waals surface area contributed by atoms with E-state index in [-0.39, 0.29) is 18.0 Å². The van der Waals surface area contributed by atoms with Gasteiger partial charge in [-0.05, 0) is 6.07 Å². The summed E-state index contributed by atoms with van der Waals surface area (Å²) in [6.45, 7) is 1.92. The first kappa shape index (κ1) is 13.3. The normalized spacial score (nSPS) is 24.6. The zero-order valence-corrected chi connectivity index (χ0v) is 10.6. The van der Waals surface area contributed by atoms with E-state index in [9.17, 15) is 9.50 Å². The maximum atomic E-state index is 13.2. The molecule has 1 N–H and O–H groups in total. The van der Waals surface area contributed by atoms with Crippen LogP contribution < -0.4 is 0 Å². The summed E-state index contributed by atoms with van der Waals surface area (Å²) in [6.07, 6.45) is 0.0383. The van der Waals surface area contributed by atoms with Gasteiger partial charge in [0.15, 0.2) is 11.6 Å². The van der Waals surface area contributed by atoms with Gasteiger partial charge in [-0.15, -0.1) is 0 Å². The molecule has 0 amide bonds. The standard InChI is InChI=1S/C13H18FNO3/c1-17-11-7-15(8-12(11)18-2)6-9-4-3-5-10(14)13(9)16/h3-5,11-12,16H,6-8H2,1-2H3. The summed E-state index contributed by atoms with van der Waals surface area (Å²) in [7, 11) is 3.31. The molecule has 1 aliphatic rings. The van der Waals surface area contributed by atoms with Crippen LogP contribution >= 0.6 is 0 Å². The molecule has 0 radical (unpaired) electrons. The number of ether oxygens (including phenoxy) is 2. The highest BCUT2D eigenvalue weighted by atomic mass is 19.1. The Morgan fingerprint density at radius 2 is 1.89 bits per heavy atom. The van der Waals surface area contributed by atoms with Gasteiger partial charge in [0.2, 0.25) is 0 Å². The lowest BCUT2D eigenvalue weighted by Crippen LogP contribution is -2.27. The monoisotopic (exact) mass is 255 g/mol. The van der Waals surface area contributed by atoms with Gasteiger partial charge in [0.25, 0.3) is 0 Å². The van der Waals surface area contributed by atoms with E-state index in [0.717, 1.165) is 0 Å². The van der Waals surface area contributed by atoms with Gasteiger partial charge in [0.1, 0.15) is 0 Å². The molecule has 1 fully saturated rings. The number of phenols is 1. The van der Waals surface area contributed by atoms with Crippen molar-refractivity contribution in [3.05, 3.63) is 29.6 Å². The van der Waals surface area contributed by atoms with Gasteiger partial charge in [-0.25, -0.2) is 4.39 Å². The SMILES string of the molecule is COC1CN(Cc2cccc(F)c2O)CC1OC. The molecule has 4 nitrogen and oxygen atoms in total. The first-order valence-electron chi connectivity index (χ1n) is 5.90. The number of likely N-dealkylation sites (tertiary alicyclic amines) is 1. The molecular formula is C13H18FNO3. The molecule has 18 heavy (non-hydrogen) atoms. The second-order valence-corrected chi connectivity index (χ2v) is 4.49. The van der Waals surface area contributed by atoms with Crippen molar-refractivity contribution in [1.82, 2.24) is 4.90 Å². The number of rotatable bonds is 4. The van der Waals surface area contributed by atoms with Crippen molar-refractivity contribution in [2.75, 3.05) is 27.3 Å². The fraction of sp³-hybridized carbons (Fsp3) is 0.538. The Labute approximate surface area is 106 Å². The topological polar surface area (TPSA) is 41.9 Å². The lowest BCUT2D eigenvalue weighted by atomic mass is 10.2. The van der Waals surface area contributed by atoms with Crippen LogP contribution in [0.4, 0.5) is 4.39 Å². The Hall–Kier alpha value is -1.17. The van der Waals surface area contributed by atoms with Crippen LogP contribution in [0.15, 0.2) is 18.2 Å². The fourth-order valence-corrected chi connectivity index (χ4v) is 2.33. The first-order chi connectivity index (χ1) is 8.65. The van der Waals surface area contributed by atoms with Crippen molar-refractivity contribution in [2.45, 2.75) is 18.8 Å². The number of para-hydroxylation sites is 1. The fourth-order valence-electron chi connectivity index (χ4n) is 2.33. The van der Waals surface area contributed by atoms with Gasteiger partial charge in [0.05, 0.1) is 12.2 Å². The summed E-state index contributed by atoms with van der Waals surface area (Å²) in [5, 5.41) is 9.64. The zero-order valence-electron chi connectivity index (χ0n) is 10.6. The number of phenolic OH excluding ortho intramolecular Hbond substituents is 1. The van der Waals surface area contributed by atoms with Gasteiger partial charge in [-0.3, -0.25) is 4.90 Å². The lowest BCUT2D eigenvalue weighted by molar-refractivity contribution is -0.00461. The number of hydrogen-bond acceptors (Lipinski definition) is 4. The molecule has 5 heteroatoms. The zero-order chi connectivity index (χ0) is 13.1. The molecule has 1 aliphatic heterocycles. The molecule has 0 aliphatic carbocycles. The Balaban J connectivity index is 2.05. The van der Waals surface area contributed by atoms with E-state index >= 15 is 0 Å². The Morgan fingerprint density at radius 3 is 2.44 bits per heavy atom. The van der Waals surface area contributed by atoms with E-state index in [2.05, 4.69) is 4.90 Å². The van der Waals surface area contributed by atoms with Crippen LogP contribution in [0.5, 0.6) is 5.75 Å². The van der Waals surface area contributed by atoms with E-state index in [0.29, 0.717) is 25.2 Å². The molecule has 0 bridgehead atoms. The van der Waals surface area contributed by atoms with Crippen molar-refractivity contribution in [1.29, 1.82) is 0 Å². The maximum absolute atomic E-state index is 13.2. The van der Waals surface area contributed by atoms with E-state index in [1.165, 1.54) is 6.07 Å². The summed E-state index contributed by atoms with van der Waals surface area (Å²) >= 11 is 0. The molecule has 0 saturated carbocycles. The summed E-state index contributed by atoms with van der Waals surface area (Å²) in [5.41, 5.74) is 0.585. The van der Waals surface area contributed by atoms with Crippen molar-refractivity contribution in [3.8, 4) is 5.75 Å². The van der Waals surface area contributed by atoms with E-state index in [1.807, 2.05) is 0 Å². The highest BCUT2D eigenvalue weighted by molar-refractivity contribution is 5.33. The van der Waals surface area contributed by atoms with Crippen LogP contribution in [0.3, 0.4) is 0 Å². The third-order valence-electron chi connectivity index (χ3n) is 3.36. The van der Waals surface area contributed by atoms with Gasteiger partial charge in [0, 0.05) is 39.4 Å². The molecule has 0 spiro atoms. The average molecular weight is 255 g/mol. The first-order valence-corrected chi connectivity index (χ1v) is 5.90. The number of hydrogen-bond donors (Lipinski definition) is 1. The second kappa shape index (κ2) is 5.65. The van der Waals surface area contributed by atoms with Crippen LogP contribution in [0.25, 0.3) is 0 Å².